The van der Waals surface area contributed by atoms with Crippen LogP contribution in [0.3, 0.4) is 0 Å². The summed E-state index contributed by atoms with van der Waals surface area (Å²) in [7, 11) is 0. The van der Waals surface area contributed by atoms with Gasteiger partial charge in [0.05, 0.1) is 5.56 Å². The number of hydrogen-bond donors (Lipinski definition) is 1. The molecule has 2 nitrogen and oxygen atoms in total. The van der Waals surface area contributed by atoms with Crippen LogP contribution in [0.4, 0.5) is 0 Å². The van der Waals surface area contributed by atoms with Crippen LogP contribution in [0.1, 0.15) is 44.0 Å². The molecule has 100 valence electrons. The normalized spacial score (nSPS) is 12.6. The van der Waals surface area contributed by atoms with Gasteiger partial charge in [0.1, 0.15) is 0 Å². The lowest BCUT2D eigenvalue weighted by atomic mass is 9.95. The van der Waals surface area contributed by atoms with Crippen LogP contribution in [-0.4, -0.2) is 11.9 Å². The zero-order valence-corrected chi connectivity index (χ0v) is 14.1. The first-order valence-electron chi connectivity index (χ1n) is 6.25. The van der Waals surface area contributed by atoms with Gasteiger partial charge in [-0.2, -0.15) is 0 Å². The Bertz CT molecular complexity index is 416. The molecule has 1 amide bonds. The number of nitrogens with one attached hydrogen (secondary N) is 1. The molecule has 0 aliphatic carbocycles. The zero-order valence-electron chi connectivity index (χ0n) is 11.0. The first-order valence-corrected chi connectivity index (χ1v) is 7.84. The number of carbonyl (C=O) groups excluding carboxylic acids is 1. The average Bonchev–Trinajstić information content (AvgIpc) is 2.33. The molecule has 1 atom stereocenters. The van der Waals surface area contributed by atoms with Crippen molar-refractivity contribution in [1.82, 2.24) is 5.32 Å². The van der Waals surface area contributed by atoms with Crippen molar-refractivity contribution in [3.05, 3.63) is 32.7 Å². The average molecular weight is 377 g/mol. The molecule has 1 aromatic rings. The summed E-state index contributed by atoms with van der Waals surface area (Å²) in [6.07, 6.45) is 2.16. The van der Waals surface area contributed by atoms with E-state index >= 15 is 0 Å². The summed E-state index contributed by atoms with van der Waals surface area (Å²) in [5.41, 5.74) is 0.669. The molecule has 0 spiro atoms. The minimum atomic E-state index is -0.0254. The standard InChI is InChI=1S/C14H19Br2NO/c1-4-10(5-2)9(3)17-14(18)12-8-11(15)6-7-13(12)16/h6-10H,4-5H2,1-3H3,(H,17,18). The van der Waals surface area contributed by atoms with E-state index in [1.807, 2.05) is 18.2 Å². The second-order valence-corrected chi connectivity index (χ2v) is 6.23. The number of halogens is 2. The Kier molecular flexibility index (Phi) is 6.36. The highest BCUT2D eigenvalue weighted by Crippen LogP contribution is 2.22. The Morgan fingerprint density at radius 3 is 2.44 bits per heavy atom. The smallest absolute Gasteiger partial charge is 0.252 e. The summed E-state index contributed by atoms with van der Waals surface area (Å²) >= 11 is 6.80. The van der Waals surface area contributed by atoms with Gasteiger partial charge in [0, 0.05) is 15.0 Å². The van der Waals surface area contributed by atoms with Crippen molar-refractivity contribution in [1.29, 1.82) is 0 Å². The molecule has 0 aromatic heterocycles. The Morgan fingerprint density at radius 1 is 1.28 bits per heavy atom. The molecule has 1 N–H and O–H groups in total. The van der Waals surface area contributed by atoms with Gasteiger partial charge >= 0.3 is 0 Å². The summed E-state index contributed by atoms with van der Waals surface area (Å²) in [6.45, 7) is 6.39. The van der Waals surface area contributed by atoms with Gasteiger partial charge in [0.2, 0.25) is 0 Å². The fourth-order valence-electron chi connectivity index (χ4n) is 2.07. The summed E-state index contributed by atoms with van der Waals surface area (Å²) < 4.78 is 1.73. The van der Waals surface area contributed by atoms with Crippen molar-refractivity contribution in [2.45, 2.75) is 39.7 Å². The largest absolute Gasteiger partial charge is 0.349 e. The lowest BCUT2D eigenvalue weighted by Crippen LogP contribution is -2.37. The van der Waals surface area contributed by atoms with Crippen molar-refractivity contribution in [3.8, 4) is 0 Å². The van der Waals surface area contributed by atoms with Crippen molar-refractivity contribution in [2.24, 2.45) is 5.92 Å². The molecule has 1 rings (SSSR count). The second kappa shape index (κ2) is 7.29. The maximum Gasteiger partial charge on any atom is 0.252 e. The number of benzene rings is 1. The predicted octanol–water partition coefficient (Wildman–Crippen LogP) is 4.77. The van der Waals surface area contributed by atoms with E-state index in [0.29, 0.717) is 11.5 Å². The third-order valence-corrected chi connectivity index (χ3v) is 4.47. The quantitative estimate of drug-likeness (QED) is 0.788. The lowest BCUT2D eigenvalue weighted by molar-refractivity contribution is 0.0924. The van der Waals surface area contributed by atoms with Crippen molar-refractivity contribution in [2.75, 3.05) is 0 Å². The maximum absolute atomic E-state index is 12.2. The molecular weight excluding hydrogens is 358 g/mol. The Labute approximate surface area is 126 Å². The van der Waals surface area contributed by atoms with E-state index in [-0.39, 0.29) is 11.9 Å². The fourth-order valence-corrected chi connectivity index (χ4v) is 2.86. The molecular formula is C14H19Br2NO. The second-order valence-electron chi connectivity index (χ2n) is 4.46. The van der Waals surface area contributed by atoms with Crippen LogP contribution in [0.25, 0.3) is 0 Å². The van der Waals surface area contributed by atoms with Crippen molar-refractivity contribution >= 4 is 37.8 Å². The van der Waals surface area contributed by atoms with E-state index in [0.717, 1.165) is 21.8 Å². The van der Waals surface area contributed by atoms with Gasteiger partial charge in [0.25, 0.3) is 5.91 Å². The van der Waals surface area contributed by atoms with Gasteiger partial charge in [0.15, 0.2) is 0 Å². The van der Waals surface area contributed by atoms with Crippen LogP contribution >= 0.6 is 31.9 Å². The van der Waals surface area contributed by atoms with E-state index in [2.05, 4.69) is 57.9 Å². The fraction of sp³-hybridized carbons (Fsp3) is 0.500. The molecule has 1 unspecified atom stereocenters. The van der Waals surface area contributed by atoms with Gasteiger partial charge in [-0.05, 0) is 47.0 Å². The van der Waals surface area contributed by atoms with Crippen LogP contribution in [0.15, 0.2) is 27.1 Å². The zero-order chi connectivity index (χ0) is 13.7. The van der Waals surface area contributed by atoms with Crippen molar-refractivity contribution in [3.63, 3.8) is 0 Å². The molecule has 0 heterocycles. The van der Waals surface area contributed by atoms with Gasteiger partial charge in [-0.3, -0.25) is 4.79 Å². The molecule has 4 heteroatoms. The van der Waals surface area contributed by atoms with E-state index < -0.39 is 0 Å². The van der Waals surface area contributed by atoms with E-state index in [1.54, 1.807) is 0 Å². The number of hydrogen-bond acceptors (Lipinski definition) is 1. The molecule has 0 saturated heterocycles. The topological polar surface area (TPSA) is 29.1 Å². The van der Waals surface area contributed by atoms with Crippen LogP contribution in [-0.2, 0) is 0 Å². The summed E-state index contributed by atoms with van der Waals surface area (Å²) in [6, 6.07) is 5.81. The molecule has 0 fully saturated rings. The Balaban J connectivity index is 2.79. The number of amides is 1. The summed E-state index contributed by atoms with van der Waals surface area (Å²) in [4.78, 5) is 12.2. The van der Waals surface area contributed by atoms with Gasteiger partial charge in [-0.15, -0.1) is 0 Å². The molecule has 0 saturated carbocycles. The SMILES string of the molecule is CCC(CC)C(C)NC(=O)c1cc(Br)ccc1Br. The predicted molar refractivity (Wildman–Crippen MR) is 82.8 cm³/mol. The molecule has 0 bridgehead atoms. The van der Waals surface area contributed by atoms with Crippen molar-refractivity contribution < 1.29 is 4.79 Å². The van der Waals surface area contributed by atoms with Crippen LogP contribution in [0.5, 0.6) is 0 Å². The third kappa shape index (κ3) is 4.09. The van der Waals surface area contributed by atoms with Crippen LogP contribution in [0, 0.1) is 5.92 Å². The van der Waals surface area contributed by atoms with Gasteiger partial charge < -0.3 is 5.32 Å². The minimum absolute atomic E-state index is 0.0254. The van der Waals surface area contributed by atoms with E-state index in [9.17, 15) is 4.79 Å². The summed E-state index contributed by atoms with van der Waals surface area (Å²) in [5.74, 6) is 0.502. The van der Waals surface area contributed by atoms with Gasteiger partial charge in [-0.25, -0.2) is 0 Å². The molecule has 1 aromatic carbocycles. The Morgan fingerprint density at radius 2 is 1.89 bits per heavy atom. The third-order valence-electron chi connectivity index (χ3n) is 3.29. The number of carbonyl (C=O) groups is 1. The maximum atomic E-state index is 12.2. The Hall–Kier alpha value is -0.350. The van der Waals surface area contributed by atoms with Gasteiger partial charge in [-0.1, -0.05) is 42.6 Å². The first-order chi connectivity index (χ1) is 8.49. The highest BCUT2D eigenvalue weighted by atomic mass is 79.9. The van der Waals surface area contributed by atoms with E-state index in [1.165, 1.54) is 0 Å². The number of rotatable bonds is 5. The molecule has 0 aliphatic rings. The summed E-state index contributed by atoms with van der Waals surface area (Å²) in [5, 5.41) is 3.08. The highest BCUT2D eigenvalue weighted by molar-refractivity contribution is 9.11. The molecule has 18 heavy (non-hydrogen) atoms. The first kappa shape index (κ1) is 15.7. The van der Waals surface area contributed by atoms with E-state index in [4.69, 9.17) is 0 Å². The monoisotopic (exact) mass is 375 g/mol. The highest BCUT2D eigenvalue weighted by Gasteiger charge is 2.18. The molecule has 0 radical (unpaired) electrons. The molecule has 0 aliphatic heterocycles. The lowest BCUT2D eigenvalue weighted by Gasteiger charge is -2.22. The minimum Gasteiger partial charge on any atom is -0.349 e. The van der Waals surface area contributed by atoms with Crippen LogP contribution < -0.4 is 5.32 Å². The van der Waals surface area contributed by atoms with Crippen LogP contribution in [0.2, 0.25) is 0 Å².